The number of rotatable bonds is 4. The van der Waals surface area contributed by atoms with E-state index in [0.29, 0.717) is 28.2 Å². The summed E-state index contributed by atoms with van der Waals surface area (Å²) < 4.78 is 35.4. The van der Waals surface area contributed by atoms with Gasteiger partial charge in [0.05, 0.1) is 16.1 Å². The predicted molar refractivity (Wildman–Crippen MR) is 136 cm³/mol. The highest BCUT2D eigenvalue weighted by Crippen LogP contribution is 2.36. The molecule has 1 heterocycles. The van der Waals surface area contributed by atoms with Gasteiger partial charge in [0, 0.05) is 5.39 Å². The topological polar surface area (TPSA) is 72.2 Å². The molecule has 0 bridgehead atoms. The molecular formula is C28H20N2O3S. The van der Waals surface area contributed by atoms with E-state index in [0.717, 1.165) is 27.1 Å². The molecule has 0 saturated heterocycles. The van der Waals surface area contributed by atoms with Crippen LogP contribution in [0, 0.1) is 6.92 Å². The van der Waals surface area contributed by atoms with Crippen LogP contribution >= 0.6 is 0 Å². The normalized spacial score (nSPS) is 11.9. The number of anilines is 1. The predicted octanol–water partition coefficient (Wildman–Crippen LogP) is 6.91. The maximum atomic E-state index is 13.2. The van der Waals surface area contributed by atoms with Crippen molar-refractivity contribution in [3.63, 3.8) is 0 Å². The number of fused-ring (bicyclic) bond motifs is 4. The maximum Gasteiger partial charge on any atom is 0.261 e. The highest BCUT2D eigenvalue weighted by atomic mass is 32.2. The fraction of sp³-hybridized carbons (Fsp3) is 0.0357. The molecule has 0 atom stereocenters. The Morgan fingerprint density at radius 2 is 1.44 bits per heavy atom. The minimum Gasteiger partial charge on any atom is -0.435 e. The molecule has 5 aromatic carbocycles. The van der Waals surface area contributed by atoms with Gasteiger partial charge < -0.3 is 4.42 Å². The zero-order valence-electron chi connectivity index (χ0n) is 18.3. The number of sulfonamides is 1. The first-order valence-electron chi connectivity index (χ1n) is 10.9. The molecule has 5 nitrogen and oxygen atoms in total. The van der Waals surface area contributed by atoms with Gasteiger partial charge in [0.1, 0.15) is 5.52 Å². The van der Waals surface area contributed by atoms with Crippen LogP contribution < -0.4 is 4.72 Å². The van der Waals surface area contributed by atoms with E-state index in [1.165, 1.54) is 0 Å². The highest BCUT2D eigenvalue weighted by Gasteiger charge is 2.20. The smallest absolute Gasteiger partial charge is 0.261 e. The second-order valence-corrected chi connectivity index (χ2v) is 10.00. The third kappa shape index (κ3) is 3.49. The molecule has 0 spiro atoms. The van der Waals surface area contributed by atoms with Crippen LogP contribution in [0.2, 0.25) is 0 Å². The molecule has 34 heavy (non-hydrogen) atoms. The Kier molecular flexibility index (Phi) is 4.64. The molecule has 6 rings (SSSR count). The van der Waals surface area contributed by atoms with Crippen LogP contribution in [0.25, 0.3) is 44.1 Å². The van der Waals surface area contributed by atoms with Crippen LogP contribution in [0.5, 0.6) is 0 Å². The molecule has 1 N–H and O–H groups in total. The Bertz CT molecular complexity index is 1800. The summed E-state index contributed by atoms with van der Waals surface area (Å²) in [6, 6.07) is 30.2. The van der Waals surface area contributed by atoms with Gasteiger partial charge in [-0.25, -0.2) is 13.4 Å². The molecule has 0 fully saturated rings. The van der Waals surface area contributed by atoms with Crippen LogP contribution in [-0.4, -0.2) is 13.4 Å². The van der Waals surface area contributed by atoms with Crippen molar-refractivity contribution in [2.24, 2.45) is 0 Å². The van der Waals surface area contributed by atoms with Crippen molar-refractivity contribution < 1.29 is 12.8 Å². The third-order valence-electron chi connectivity index (χ3n) is 5.97. The molecule has 6 heteroatoms. The summed E-state index contributed by atoms with van der Waals surface area (Å²) in [6.45, 7) is 1.92. The van der Waals surface area contributed by atoms with Crippen LogP contribution in [-0.2, 0) is 10.0 Å². The lowest BCUT2D eigenvalue weighted by Gasteiger charge is -2.13. The van der Waals surface area contributed by atoms with Crippen molar-refractivity contribution in [2.45, 2.75) is 11.8 Å². The summed E-state index contributed by atoms with van der Waals surface area (Å²) in [7, 11) is -3.81. The number of oxazole rings is 1. The van der Waals surface area contributed by atoms with Crippen molar-refractivity contribution in [2.75, 3.05) is 4.72 Å². The van der Waals surface area contributed by atoms with E-state index in [1.54, 1.807) is 24.3 Å². The molecule has 0 aliphatic heterocycles. The van der Waals surface area contributed by atoms with E-state index < -0.39 is 10.0 Å². The van der Waals surface area contributed by atoms with Gasteiger partial charge in [-0.3, -0.25) is 4.72 Å². The largest absolute Gasteiger partial charge is 0.435 e. The zero-order chi connectivity index (χ0) is 23.3. The van der Waals surface area contributed by atoms with Crippen molar-refractivity contribution in [3.05, 3.63) is 103 Å². The molecule has 0 unspecified atom stereocenters. The summed E-state index contributed by atoms with van der Waals surface area (Å²) in [4.78, 5) is 4.91. The number of hydrogen-bond acceptors (Lipinski definition) is 4. The fourth-order valence-corrected chi connectivity index (χ4v) is 5.26. The average Bonchev–Trinajstić information content (AvgIpc) is 3.28. The third-order valence-corrected chi connectivity index (χ3v) is 7.35. The molecule has 0 saturated carbocycles. The molecule has 6 aromatic rings. The Hall–Kier alpha value is -4.16. The Labute approximate surface area is 196 Å². The Morgan fingerprint density at radius 1 is 0.765 bits per heavy atom. The number of nitrogens with one attached hydrogen (secondary N) is 1. The maximum absolute atomic E-state index is 13.2. The van der Waals surface area contributed by atoms with Crippen molar-refractivity contribution in [1.82, 2.24) is 4.98 Å². The van der Waals surface area contributed by atoms with Crippen molar-refractivity contribution in [3.8, 4) is 11.5 Å². The van der Waals surface area contributed by atoms with Gasteiger partial charge in [-0.05, 0) is 53.4 Å². The first-order chi connectivity index (χ1) is 16.5. The molecule has 1 aromatic heterocycles. The van der Waals surface area contributed by atoms with Crippen LogP contribution in [0.3, 0.4) is 0 Å². The van der Waals surface area contributed by atoms with Crippen LogP contribution in [0.15, 0.2) is 106 Å². The summed E-state index contributed by atoms with van der Waals surface area (Å²) in [5.74, 6) is 0.360. The van der Waals surface area contributed by atoms with Gasteiger partial charge in [0.15, 0.2) is 5.58 Å². The quantitative estimate of drug-likeness (QED) is 0.308. The average molecular weight is 465 g/mol. The Morgan fingerprint density at radius 3 is 2.21 bits per heavy atom. The lowest BCUT2D eigenvalue weighted by atomic mass is 10.1. The number of hydrogen-bond donors (Lipinski definition) is 1. The summed E-state index contributed by atoms with van der Waals surface area (Å²) >= 11 is 0. The van der Waals surface area contributed by atoms with E-state index >= 15 is 0 Å². The number of nitrogens with zero attached hydrogens (tertiary/aromatic N) is 1. The molecular weight excluding hydrogens is 444 g/mol. The minimum atomic E-state index is -3.81. The lowest BCUT2D eigenvalue weighted by Crippen LogP contribution is -2.13. The van der Waals surface area contributed by atoms with E-state index in [2.05, 4.69) is 4.72 Å². The highest BCUT2D eigenvalue weighted by molar-refractivity contribution is 7.92. The molecule has 0 aliphatic carbocycles. The van der Waals surface area contributed by atoms with E-state index in [1.807, 2.05) is 79.7 Å². The molecule has 0 amide bonds. The SMILES string of the molecule is Cc1ccc(S(=O)(=O)Nc2cc3ccccc3cc2-c2nc3ccc4ccccc4c3o2)cc1. The first-order valence-corrected chi connectivity index (χ1v) is 12.4. The molecule has 0 aliphatic rings. The van der Waals surface area contributed by atoms with E-state index in [-0.39, 0.29) is 4.90 Å². The fourth-order valence-electron chi connectivity index (χ4n) is 4.19. The summed E-state index contributed by atoms with van der Waals surface area (Å²) in [5, 5.41) is 3.88. The van der Waals surface area contributed by atoms with Crippen LogP contribution in [0.1, 0.15) is 5.56 Å². The number of aryl methyl sites for hydroxylation is 1. The molecule has 0 radical (unpaired) electrons. The van der Waals surface area contributed by atoms with Crippen LogP contribution in [0.4, 0.5) is 5.69 Å². The van der Waals surface area contributed by atoms with Gasteiger partial charge >= 0.3 is 0 Å². The van der Waals surface area contributed by atoms with Gasteiger partial charge in [-0.1, -0.05) is 72.3 Å². The van der Waals surface area contributed by atoms with Gasteiger partial charge in [0.2, 0.25) is 5.89 Å². The second kappa shape index (κ2) is 7.71. The molecule has 166 valence electrons. The minimum absolute atomic E-state index is 0.195. The van der Waals surface area contributed by atoms with Crippen molar-refractivity contribution >= 4 is 48.4 Å². The van der Waals surface area contributed by atoms with Gasteiger partial charge in [0.25, 0.3) is 10.0 Å². The van der Waals surface area contributed by atoms with Crippen molar-refractivity contribution in [1.29, 1.82) is 0 Å². The monoisotopic (exact) mass is 464 g/mol. The van der Waals surface area contributed by atoms with E-state index in [9.17, 15) is 8.42 Å². The lowest BCUT2D eigenvalue weighted by molar-refractivity contribution is 0.601. The summed E-state index contributed by atoms with van der Waals surface area (Å²) in [6.07, 6.45) is 0. The number of benzene rings is 5. The van der Waals surface area contributed by atoms with Gasteiger partial charge in [-0.2, -0.15) is 0 Å². The standard InChI is InChI=1S/C28H20N2O3S/c1-18-10-13-22(14-11-18)34(31,32)30-26-17-21-8-3-2-7-20(21)16-24(26)28-29-25-15-12-19-6-4-5-9-23(19)27(25)33-28/h2-17,30H,1H3. The number of aromatic nitrogens is 1. The first kappa shape index (κ1) is 20.4. The Balaban J connectivity index is 1.55. The summed E-state index contributed by atoms with van der Waals surface area (Å²) in [5.41, 5.74) is 3.37. The van der Waals surface area contributed by atoms with Gasteiger partial charge in [-0.15, -0.1) is 0 Å². The van der Waals surface area contributed by atoms with E-state index in [4.69, 9.17) is 9.40 Å². The zero-order valence-corrected chi connectivity index (χ0v) is 19.1. The second-order valence-electron chi connectivity index (χ2n) is 8.32.